The molecule has 32 heavy (non-hydrogen) atoms. The molecule has 0 heterocycles. The van der Waals surface area contributed by atoms with Gasteiger partial charge in [-0.2, -0.15) is 0 Å². The molecule has 170 valence electrons. The highest BCUT2D eigenvalue weighted by molar-refractivity contribution is 8.09. The van der Waals surface area contributed by atoms with Gasteiger partial charge in [0.05, 0.1) is 16.9 Å². The SMILES string of the molecule is COc1ccc([C@H](C(S(=O)(=O)c2ccccc2)S(=O)(=O)c2ccccc2)[C@H](C)CO)cc1. The molecule has 3 rings (SSSR count). The summed E-state index contributed by atoms with van der Waals surface area (Å²) in [6, 6.07) is 21.7. The zero-order chi connectivity index (χ0) is 23.4. The summed E-state index contributed by atoms with van der Waals surface area (Å²) in [4.78, 5) is -0.179. The van der Waals surface area contributed by atoms with Gasteiger partial charge in [-0.1, -0.05) is 55.5 Å². The molecule has 8 heteroatoms. The molecule has 0 spiro atoms. The first-order chi connectivity index (χ1) is 15.2. The van der Waals surface area contributed by atoms with Gasteiger partial charge in [-0.05, 0) is 47.9 Å². The Morgan fingerprint density at radius 2 is 1.19 bits per heavy atom. The van der Waals surface area contributed by atoms with Crippen molar-refractivity contribution >= 4 is 19.7 Å². The Kier molecular flexibility index (Phi) is 7.38. The molecule has 0 unspecified atom stereocenters. The molecule has 6 nitrogen and oxygen atoms in total. The zero-order valence-electron chi connectivity index (χ0n) is 17.8. The van der Waals surface area contributed by atoms with E-state index in [9.17, 15) is 21.9 Å². The fourth-order valence-corrected chi connectivity index (χ4v) is 8.97. The smallest absolute Gasteiger partial charge is 0.196 e. The van der Waals surface area contributed by atoms with Crippen LogP contribution in [0.3, 0.4) is 0 Å². The first kappa shape index (κ1) is 24.0. The molecule has 0 saturated heterocycles. The van der Waals surface area contributed by atoms with Crippen LogP contribution in [0.4, 0.5) is 0 Å². The van der Waals surface area contributed by atoms with Crippen LogP contribution >= 0.6 is 0 Å². The van der Waals surface area contributed by atoms with Crippen LogP contribution in [0.15, 0.2) is 94.7 Å². The normalized spacial score (nSPS) is 14.1. The largest absolute Gasteiger partial charge is 0.497 e. The lowest BCUT2D eigenvalue weighted by molar-refractivity contribution is 0.218. The van der Waals surface area contributed by atoms with Crippen molar-refractivity contribution in [3.63, 3.8) is 0 Å². The van der Waals surface area contributed by atoms with Gasteiger partial charge in [0.2, 0.25) is 0 Å². The van der Waals surface area contributed by atoms with Gasteiger partial charge < -0.3 is 9.84 Å². The van der Waals surface area contributed by atoms with E-state index < -0.39 is 36.1 Å². The van der Waals surface area contributed by atoms with E-state index in [0.717, 1.165) is 0 Å². The van der Waals surface area contributed by atoms with E-state index in [2.05, 4.69) is 0 Å². The fourth-order valence-electron chi connectivity index (χ4n) is 3.73. The van der Waals surface area contributed by atoms with E-state index >= 15 is 0 Å². The van der Waals surface area contributed by atoms with Crippen molar-refractivity contribution in [1.82, 2.24) is 0 Å². The lowest BCUT2D eigenvalue weighted by Crippen LogP contribution is -2.40. The van der Waals surface area contributed by atoms with Gasteiger partial charge in [0, 0.05) is 12.5 Å². The summed E-state index contributed by atoms with van der Waals surface area (Å²) in [5.74, 6) is -1.13. The van der Waals surface area contributed by atoms with Gasteiger partial charge in [0.25, 0.3) is 0 Å². The molecule has 0 amide bonds. The lowest BCUT2D eigenvalue weighted by atomic mass is 9.89. The molecule has 0 fully saturated rings. The Bertz CT molecular complexity index is 1150. The maximum atomic E-state index is 13.8. The minimum atomic E-state index is -4.36. The van der Waals surface area contributed by atoms with Crippen LogP contribution < -0.4 is 4.74 Å². The van der Waals surface area contributed by atoms with Crippen LogP contribution in [0, 0.1) is 5.92 Å². The second-order valence-corrected chi connectivity index (χ2v) is 12.0. The second-order valence-electron chi connectivity index (χ2n) is 7.54. The Labute approximate surface area is 189 Å². The third kappa shape index (κ3) is 4.72. The lowest BCUT2D eigenvalue weighted by Gasteiger charge is -2.31. The minimum absolute atomic E-state index is 0.0897. The highest BCUT2D eigenvalue weighted by atomic mass is 32.3. The summed E-state index contributed by atoms with van der Waals surface area (Å²) >= 11 is 0. The number of rotatable bonds is 9. The number of ether oxygens (including phenoxy) is 1. The average molecular weight is 475 g/mol. The van der Waals surface area contributed by atoms with Crippen LogP contribution in [0.2, 0.25) is 0 Å². The molecule has 0 aromatic heterocycles. The summed E-state index contributed by atoms with van der Waals surface area (Å²) in [6.45, 7) is 1.25. The highest BCUT2D eigenvalue weighted by Crippen LogP contribution is 2.40. The first-order valence-corrected chi connectivity index (χ1v) is 13.2. The van der Waals surface area contributed by atoms with E-state index in [1.165, 1.54) is 31.4 Å². The minimum Gasteiger partial charge on any atom is -0.497 e. The van der Waals surface area contributed by atoms with Crippen LogP contribution in [-0.4, -0.2) is 40.2 Å². The Morgan fingerprint density at radius 3 is 1.56 bits per heavy atom. The maximum absolute atomic E-state index is 13.8. The molecule has 3 aromatic carbocycles. The average Bonchev–Trinajstić information content (AvgIpc) is 2.83. The summed E-state index contributed by atoms with van der Waals surface area (Å²) in [6.07, 6.45) is 0. The van der Waals surface area contributed by atoms with Gasteiger partial charge in [-0.25, -0.2) is 16.8 Å². The summed E-state index contributed by atoms with van der Waals surface area (Å²) < 4.78 is 58.6. The molecule has 0 aliphatic rings. The number of aliphatic hydroxyl groups excluding tert-OH is 1. The molecule has 0 radical (unpaired) electrons. The highest BCUT2D eigenvalue weighted by Gasteiger charge is 2.47. The Morgan fingerprint density at radius 1 is 0.750 bits per heavy atom. The second kappa shape index (κ2) is 9.85. The van der Waals surface area contributed by atoms with Crippen molar-refractivity contribution in [3.8, 4) is 5.75 Å². The first-order valence-electron chi connectivity index (χ1n) is 10.1. The van der Waals surface area contributed by atoms with Crippen LogP contribution in [0.25, 0.3) is 0 Å². The van der Waals surface area contributed by atoms with Crippen LogP contribution in [-0.2, 0) is 19.7 Å². The van der Waals surface area contributed by atoms with E-state index in [-0.39, 0.29) is 16.4 Å². The number of sulfone groups is 2. The van der Waals surface area contributed by atoms with Crippen molar-refractivity contribution in [2.45, 2.75) is 27.2 Å². The topological polar surface area (TPSA) is 97.7 Å². The van der Waals surface area contributed by atoms with Crippen LogP contribution in [0.5, 0.6) is 5.75 Å². The zero-order valence-corrected chi connectivity index (χ0v) is 19.5. The van der Waals surface area contributed by atoms with Gasteiger partial charge in [0.15, 0.2) is 24.3 Å². The van der Waals surface area contributed by atoms with Crippen molar-refractivity contribution in [3.05, 3.63) is 90.5 Å². The quantitative estimate of drug-likeness (QED) is 0.508. The Balaban J connectivity index is 2.30. The van der Waals surface area contributed by atoms with Crippen molar-refractivity contribution in [2.24, 2.45) is 5.92 Å². The molecule has 0 saturated carbocycles. The van der Waals surface area contributed by atoms with Crippen molar-refractivity contribution in [1.29, 1.82) is 0 Å². The predicted molar refractivity (Wildman–Crippen MR) is 123 cm³/mol. The number of methoxy groups -OCH3 is 1. The van der Waals surface area contributed by atoms with Gasteiger partial charge >= 0.3 is 0 Å². The molecule has 0 bridgehead atoms. The van der Waals surface area contributed by atoms with E-state index in [1.807, 2.05) is 0 Å². The maximum Gasteiger partial charge on any atom is 0.196 e. The van der Waals surface area contributed by atoms with Gasteiger partial charge in [-0.3, -0.25) is 0 Å². The molecule has 1 N–H and O–H groups in total. The standard InChI is InChI=1S/C24H26O6S2/c1-18(17-25)23(19-13-15-20(30-2)16-14-19)24(31(26,27)21-9-5-3-6-10-21)32(28,29)22-11-7-4-8-12-22/h3-16,18,23-25H,17H2,1-2H3/t18-,23-/m1/s1. The van der Waals surface area contributed by atoms with E-state index in [0.29, 0.717) is 11.3 Å². The third-order valence-electron chi connectivity index (χ3n) is 5.45. The third-order valence-corrected chi connectivity index (χ3v) is 10.6. The van der Waals surface area contributed by atoms with Gasteiger partial charge in [-0.15, -0.1) is 0 Å². The van der Waals surface area contributed by atoms with Crippen LogP contribution in [0.1, 0.15) is 18.4 Å². The monoisotopic (exact) mass is 474 g/mol. The number of hydrogen-bond donors (Lipinski definition) is 1. The van der Waals surface area contributed by atoms with Gasteiger partial charge in [0.1, 0.15) is 5.75 Å². The summed E-state index contributed by atoms with van der Waals surface area (Å²) in [7, 11) is -7.21. The number of aliphatic hydroxyl groups is 1. The number of hydrogen-bond acceptors (Lipinski definition) is 6. The molecule has 0 aliphatic carbocycles. The van der Waals surface area contributed by atoms with E-state index in [4.69, 9.17) is 4.74 Å². The summed E-state index contributed by atoms with van der Waals surface area (Å²) in [5, 5.41) is 9.97. The predicted octanol–water partition coefficient (Wildman–Crippen LogP) is 3.68. The number of benzene rings is 3. The Hall–Kier alpha value is -2.68. The molecular weight excluding hydrogens is 448 g/mol. The molecule has 2 atom stereocenters. The summed E-state index contributed by atoms with van der Waals surface area (Å²) in [5.41, 5.74) is 0.483. The molecule has 3 aromatic rings. The van der Waals surface area contributed by atoms with Crippen molar-refractivity contribution in [2.75, 3.05) is 13.7 Å². The molecular formula is C24H26O6S2. The van der Waals surface area contributed by atoms with E-state index in [1.54, 1.807) is 67.6 Å². The fraction of sp³-hybridized carbons (Fsp3) is 0.250. The van der Waals surface area contributed by atoms with Crippen molar-refractivity contribution < 1.29 is 26.7 Å². The molecule has 0 aliphatic heterocycles.